The van der Waals surface area contributed by atoms with E-state index in [2.05, 4.69) is 50.4 Å². The van der Waals surface area contributed by atoms with Gasteiger partial charge in [0.05, 0.1) is 0 Å². The van der Waals surface area contributed by atoms with E-state index < -0.39 is 0 Å². The van der Waals surface area contributed by atoms with E-state index in [0.717, 1.165) is 18.4 Å². The lowest BCUT2D eigenvalue weighted by atomic mass is 9.75. The van der Waals surface area contributed by atoms with Crippen LogP contribution in [0.4, 0.5) is 0 Å². The number of nitrogens with one attached hydrogen (secondary N) is 1. The lowest BCUT2D eigenvalue weighted by Crippen LogP contribution is -2.31. The molecule has 0 aliphatic heterocycles. The third-order valence-electron chi connectivity index (χ3n) is 4.92. The third kappa shape index (κ3) is 4.09. The molecular formula is C19H31N. The van der Waals surface area contributed by atoms with Gasteiger partial charge in [0.2, 0.25) is 0 Å². The molecule has 1 aromatic rings. The molecule has 1 unspecified atom stereocenters. The maximum atomic E-state index is 3.73. The second-order valence-corrected chi connectivity index (χ2v) is 6.52. The van der Waals surface area contributed by atoms with Crippen molar-refractivity contribution in [3.8, 4) is 0 Å². The summed E-state index contributed by atoms with van der Waals surface area (Å²) in [4.78, 5) is 0. The van der Waals surface area contributed by atoms with Crippen LogP contribution < -0.4 is 5.32 Å². The minimum Gasteiger partial charge on any atom is -0.310 e. The average Bonchev–Trinajstić information content (AvgIpc) is 2.47. The van der Waals surface area contributed by atoms with Crippen LogP contribution in [-0.2, 0) is 0 Å². The van der Waals surface area contributed by atoms with Crippen LogP contribution in [0.2, 0.25) is 0 Å². The third-order valence-corrected chi connectivity index (χ3v) is 4.92. The molecular weight excluding hydrogens is 242 g/mol. The van der Waals surface area contributed by atoms with Crippen LogP contribution in [0.5, 0.6) is 0 Å². The van der Waals surface area contributed by atoms with E-state index in [9.17, 15) is 0 Å². The summed E-state index contributed by atoms with van der Waals surface area (Å²) >= 11 is 0. The Morgan fingerprint density at radius 1 is 1.05 bits per heavy atom. The van der Waals surface area contributed by atoms with Gasteiger partial charge < -0.3 is 5.32 Å². The molecule has 0 heterocycles. The lowest BCUT2D eigenvalue weighted by Gasteiger charge is -2.34. The highest BCUT2D eigenvalue weighted by atomic mass is 14.9. The van der Waals surface area contributed by atoms with E-state index in [4.69, 9.17) is 0 Å². The number of hydrogen-bond acceptors (Lipinski definition) is 1. The summed E-state index contributed by atoms with van der Waals surface area (Å²) in [5, 5.41) is 3.73. The Hall–Kier alpha value is -0.820. The van der Waals surface area contributed by atoms with Gasteiger partial charge in [0.1, 0.15) is 0 Å². The van der Waals surface area contributed by atoms with Crippen molar-refractivity contribution in [3.05, 3.63) is 35.4 Å². The predicted octanol–water partition coefficient (Wildman–Crippen LogP) is 5.25. The molecule has 0 radical (unpaired) electrons. The molecule has 2 rings (SSSR count). The highest BCUT2D eigenvalue weighted by Gasteiger charge is 2.27. The number of benzene rings is 1. The summed E-state index contributed by atoms with van der Waals surface area (Å²) in [6, 6.07) is 9.70. The van der Waals surface area contributed by atoms with Crippen molar-refractivity contribution in [1.29, 1.82) is 0 Å². The van der Waals surface area contributed by atoms with E-state index in [1.165, 1.54) is 49.7 Å². The average molecular weight is 273 g/mol. The van der Waals surface area contributed by atoms with Gasteiger partial charge in [-0.05, 0) is 43.7 Å². The van der Waals surface area contributed by atoms with Crippen molar-refractivity contribution in [1.82, 2.24) is 5.32 Å². The summed E-state index contributed by atoms with van der Waals surface area (Å²) in [5.41, 5.74) is 2.84. The first kappa shape index (κ1) is 15.6. The maximum Gasteiger partial charge on any atom is 0.0348 e. The molecule has 0 aromatic heterocycles. The molecule has 1 aliphatic rings. The Kier molecular flexibility index (Phi) is 6.09. The quantitative estimate of drug-likeness (QED) is 0.746. The summed E-state index contributed by atoms with van der Waals surface area (Å²) in [6.45, 7) is 7.78. The van der Waals surface area contributed by atoms with Gasteiger partial charge in [-0.3, -0.25) is 0 Å². The molecule has 1 saturated carbocycles. The van der Waals surface area contributed by atoms with Crippen molar-refractivity contribution in [2.45, 2.75) is 65.3 Å². The molecule has 20 heavy (non-hydrogen) atoms. The normalized spacial score (nSPS) is 24.6. The monoisotopic (exact) mass is 273 g/mol. The first-order valence-corrected chi connectivity index (χ1v) is 8.54. The molecule has 1 nitrogen and oxygen atoms in total. The fourth-order valence-corrected chi connectivity index (χ4v) is 3.77. The number of rotatable bonds is 6. The molecule has 1 fully saturated rings. The van der Waals surface area contributed by atoms with Gasteiger partial charge in [-0.25, -0.2) is 0 Å². The molecule has 1 atom stereocenters. The smallest absolute Gasteiger partial charge is 0.0348 e. The Balaban J connectivity index is 2.00. The van der Waals surface area contributed by atoms with Gasteiger partial charge in [0.15, 0.2) is 0 Å². The predicted molar refractivity (Wildman–Crippen MR) is 88.0 cm³/mol. The van der Waals surface area contributed by atoms with Crippen molar-refractivity contribution in [2.24, 2.45) is 11.8 Å². The highest BCUT2D eigenvalue weighted by Crippen LogP contribution is 2.38. The number of hydrogen-bond donors (Lipinski definition) is 1. The summed E-state index contributed by atoms with van der Waals surface area (Å²) in [7, 11) is 0. The zero-order valence-electron chi connectivity index (χ0n) is 13.5. The molecule has 0 amide bonds. The van der Waals surface area contributed by atoms with Crippen LogP contribution in [-0.4, -0.2) is 6.54 Å². The van der Waals surface area contributed by atoms with Crippen molar-refractivity contribution < 1.29 is 0 Å². The van der Waals surface area contributed by atoms with Crippen molar-refractivity contribution >= 4 is 0 Å². The minimum atomic E-state index is 0.558. The molecule has 1 N–H and O–H groups in total. The second-order valence-electron chi connectivity index (χ2n) is 6.52. The number of aryl methyl sites for hydroxylation is 1. The molecule has 0 spiro atoms. The van der Waals surface area contributed by atoms with E-state index >= 15 is 0 Å². The van der Waals surface area contributed by atoms with Gasteiger partial charge in [-0.15, -0.1) is 0 Å². The van der Waals surface area contributed by atoms with Gasteiger partial charge in [0, 0.05) is 6.04 Å². The fraction of sp³-hybridized carbons (Fsp3) is 0.684. The Morgan fingerprint density at radius 3 is 2.25 bits per heavy atom. The van der Waals surface area contributed by atoms with Gasteiger partial charge in [-0.1, -0.05) is 69.4 Å². The maximum absolute atomic E-state index is 3.73. The molecule has 0 saturated heterocycles. The Bertz CT molecular complexity index is 373. The summed E-state index contributed by atoms with van der Waals surface area (Å²) in [6.07, 6.45) is 8.46. The Labute approximate surface area is 125 Å². The van der Waals surface area contributed by atoms with E-state index in [1.807, 2.05) is 0 Å². The molecule has 112 valence electrons. The molecule has 0 bridgehead atoms. The van der Waals surface area contributed by atoms with Crippen LogP contribution >= 0.6 is 0 Å². The Morgan fingerprint density at radius 2 is 1.70 bits per heavy atom. The SMILES string of the molecule is CCCC1CCC(C(NCC)c2ccc(C)cc2)CC1. The van der Waals surface area contributed by atoms with Crippen LogP contribution in [0.1, 0.15) is 69.5 Å². The van der Waals surface area contributed by atoms with Gasteiger partial charge in [-0.2, -0.15) is 0 Å². The lowest BCUT2D eigenvalue weighted by molar-refractivity contribution is 0.216. The molecule has 1 aliphatic carbocycles. The van der Waals surface area contributed by atoms with Crippen LogP contribution in [0, 0.1) is 18.8 Å². The van der Waals surface area contributed by atoms with E-state index in [0.29, 0.717) is 6.04 Å². The zero-order valence-corrected chi connectivity index (χ0v) is 13.5. The summed E-state index contributed by atoms with van der Waals surface area (Å²) < 4.78 is 0. The van der Waals surface area contributed by atoms with Crippen molar-refractivity contribution in [3.63, 3.8) is 0 Å². The zero-order chi connectivity index (χ0) is 14.4. The standard InChI is InChI=1S/C19H31N/c1-4-6-16-9-13-18(14-10-16)19(20-5-2)17-11-7-15(3)8-12-17/h7-8,11-12,16,18-20H,4-6,9-10,13-14H2,1-3H3. The first-order valence-electron chi connectivity index (χ1n) is 8.54. The van der Waals surface area contributed by atoms with E-state index in [1.54, 1.807) is 0 Å². The van der Waals surface area contributed by atoms with Crippen LogP contribution in [0.15, 0.2) is 24.3 Å². The molecule has 1 aromatic carbocycles. The first-order chi connectivity index (χ1) is 9.74. The van der Waals surface area contributed by atoms with Crippen LogP contribution in [0.3, 0.4) is 0 Å². The van der Waals surface area contributed by atoms with Crippen molar-refractivity contribution in [2.75, 3.05) is 6.54 Å². The minimum absolute atomic E-state index is 0.558. The van der Waals surface area contributed by atoms with Crippen LogP contribution in [0.25, 0.3) is 0 Å². The molecule has 1 heteroatoms. The second kappa shape index (κ2) is 7.83. The van der Waals surface area contributed by atoms with Gasteiger partial charge >= 0.3 is 0 Å². The highest BCUT2D eigenvalue weighted by molar-refractivity contribution is 5.24. The van der Waals surface area contributed by atoms with Gasteiger partial charge in [0.25, 0.3) is 0 Å². The van der Waals surface area contributed by atoms with E-state index in [-0.39, 0.29) is 0 Å². The topological polar surface area (TPSA) is 12.0 Å². The largest absolute Gasteiger partial charge is 0.310 e. The fourth-order valence-electron chi connectivity index (χ4n) is 3.77. The summed E-state index contributed by atoms with van der Waals surface area (Å²) in [5.74, 6) is 1.82.